The minimum Gasteiger partial charge on any atom is -0.468 e. The van der Waals surface area contributed by atoms with Crippen LogP contribution in [0.4, 0.5) is 5.69 Å². The van der Waals surface area contributed by atoms with Crippen LogP contribution < -0.4 is 4.31 Å². The highest BCUT2D eigenvalue weighted by molar-refractivity contribution is 7.92. The van der Waals surface area contributed by atoms with Crippen molar-refractivity contribution in [2.45, 2.75) is 11.8 Å². The summed E-state index contributed by atoms with van der Waals surface area (Å²) in [5.41, 5.74) is 1.27. The van der Waals surface area contributed by atoms with Crippen molar-refractivity contribution in [1.29, 1.82) is 0 Å². The summed E-state index contributed by atoms with van der Waals surface area (Å²) in [6, 6.07) is 12.6. The van der Waals surface area contributed by atoms with Crippen LogP contribution in [0, 0.1) is 6.92 Å². The van der Waals surface area contributed by atoms with Crippen LogP contribution >= 0.6 is 11.6 Å². The number of aryl methyl sites for hydroxylation is 1. The van der Waals surface area contributed by atoms with E-state index in [-0.39, 0.29) is 4.90 Å². The van der Waals surface area contributed by atoms with E-state index in [4.69, 9.17) is 11.6 Å². The van der Waals surface area contributed by atoms with E-state index in [9.17, 15) is 13.2 Å². The Kier molecular flexibility index (Phi) is 5.28. The van der Waals surface area contributed by atoms with Crippen LogP contribution in [0.25, 0.3) is 0 Å². The zero-order chi connectivity index (χ0) is 17.0. The van der Waals surface area contributed by atoms with Gasteiger partial charge in [0.05, 0.1) is 17.7 Å². The molecule has 122 valence electrons. The van der Waals surface area contributed by atoms with Gasteiger partial charge in [-0.2, -0.15) is 0 Å². The Morgan fingerprint density at radius 3 is 2.17 bits per heavy atom. The largest absolute Gasteiger partial charge is 0.468 e. The summed E-state index contributed by atoms with van der Waals surface area (Å²) in [7, 11) is -2.69. The fourth-order valence-electron chi connectivity index (χ4n) is 1.94. The van der Waals surface area contributed by atoms with E-state index in [1.807, 2.05) is 6.92 Å². The first-order chi connectivity index (χ1) is 10.8. The molecule has 0 aromatic heterocycles. The maximum atomic E-state index is 12.9. The molecule has 0 amide bonds. The molecule has 0 saturated carbocycles. The smallest absolute Gasteiger partial charge is 0.326 e. The summed E-state index contributed by atoms with van der Waals surface area (Å²) < 4.78 is 31.3. The number of rotatable bonds is 5. The predicted octanol–water partition coefficient (Wildman–Crippen LogP) is 3.02. The molecule has 23 heavy (non-hydrogen) atoms. The van der Waals surface area contributed by atoms with Crippen LogP contribution in [-0.2, 0) is 19.6 Å². The van der Waals surface area contributed by atoms with Crippen molar-refractivity contribution in [3.8, 4) is 0 Å². The molecular weight excluding hydrogens is 338 g/mol. The highest BCUT2D eigenvalue weighted by atomic mass is 35.5. The second-order valence-corrected chi connectivity index (χ2v) is 7.18. The third-order valence-corrected chi connectivity index (χ3v) is 5.26. The fraction of sp³-hybridized carbons (Fsp3) is 0.188. The van der Waals surface area contributed by atoms with Gasteiger partial charge in [0.1, 0.15) is 6.54 Å². The summed E-state index contributed by atoms with van der Waals surface area (Å²) in [5, 5.41) is 0.472. The van der Waals surface area contributed by atoms with Gasteiger partial charge in [0.15, 0.2) is 0 Å². The number of methoxy groups -OCH3 is 1. The van der Waals surface area contributed by atoms with Crippen LogP contribution in [-0.4, -0.2) is 28.0 Å². The van der Waals surface area contributed by atoms with Crippen LogP contribution in [0.3, 0.4) is 0 Å². The van der Waals surface area contributed by atoms with Crippen molar-refractivity contribution in [1.82, 2.24) is 0 Å². The summed E-state index contributed by atoms with van der Waals surface area (Å²) in [6.07, 6.45) is 0. The molecule has 2 rings (SSSR count). The lowest BCUT2D eigenvalue weighted by molar-refractivity contribution is -0.138. The average Bonchev–Trinajstić information content (AvgIpc) is 2.53. The van der Waals surface area contributed by atoms with Crippen molar-refractivity contribution in [3.05, 3.63) is 59.1 Å². The Balaban J connectivity index is 2.49. The quantitative estimate of drug-likeness (QED) is 0.775. The topological polar surface area (TPSA) is 63.7 Å². The summed E-state index contributed by atoms with van der Waals surface area (Å²) in [4.78, 5) is 11.7. The Morgan fingerprint density at radius 2 is 1.65 bits per heavy atom. The lowest BCUT2D eigenvalue weighted by Crippen LogP contribution is -2.36. The molecule has 0 aliphatic carbocycles. The lowest BCUT2D eigenvalue weighted by Gasteiger charge is -2.23. The van der Waals surface area contributed by atoms with E-state index in [2.05, 4.69) is 4.74 Å². The number of anilines is 1. The molecule has 0 aliphatic heterocycles. The van der Waals surface area contributed by atoms with Gasteiger partial charge < -0.3 is 4.74 Å². The molecule has 0 unspecified atom stereocenters. The molecule has 0 N–H and O–H groups in total. The molecular formula is C16H16ClNO4S. The highest BCUT2D eigenvalue weighted by Gasteiger charge is 2.27. The van der Waals surface area contributed by atoms with Gasteiger partial charge in [-0.3, -0.25) is 9.10 Å². The van der Waals surface area contributed by atoms with Crippen molar-refractivity contribution in [3.63, 3.8) is 0 Å². The summed E-state index contributed by atoms with van der Waals surface area (Å²) >= 11 is 5.84. The van der Waals surface area contributed by atoms with Crippen LogP contribution in [0.5, 0.6) is 0 Å². The van der Waals surface area contributed by atoms with Crippen LogP contribution in [0.2, 0.25) is 5.02 Å². The van der Waals surface area contributed by atoms with Gasteiger partial charge >= 0.3 is 5.97 Å². The third-order valence-electron chi connectivity index (χ3n) is 3.22. The van der Waals surface area contributed by atoms with Crippen molar-refractivity contribution in [2.75, 3.05) is 18.0 Å². The second kappa shape index (κ2) is 7.02. The van der Waals surface area contributed by atoms with Gasteiger partial charge in [0.25, 0.3) is 10.0 Å². The SMILES string of the molecule is COC(=O)CN(c1ccc(Cl)cc1)S(=O)(=O)c1ccc(C)cc1. The number of ether oxygens (including phenoxy) is 1. The molecule has 2 aromatic rings. The Labute approximate surface area is 140 Å². The molecule has 0 radical (unpaired) electrons. The van der Waals surface area contributed by atoms with Gasteiger partial charge in [0.2, 0.25) is 0 Å². The minimum atomic E-state index is -3.90. The number of nitrogens with zero attached hydrogens (tertiary/aromatic N) is 1. The van der Waals surface area contributed by atoms with Gasteiger partial charge in [-0.25, -0.2) is 8.42 Å². The number of carbonyl (C=O) groups is 1. The molecule has 7 heteroatoms. The van der Waals surface area contributed by atoms with E-state index in [0.29, 0.717) is 10.7 Å². The van der Waals surface area contributed by atoms with Crippen LogP contribution in [0.15, 0.2) is 53.4 Å². The first kappa shape index (κ1) is 17.3. The predicted molar refractivity (Wildman–Crippen MR) is 89.2 cm³/mol. The minimum absolute atomic E-state index is 0.0990. The van der Waals surface area contributed by atoms with E-state index in [1.54, 1.807) is 24.3 Å². The molecule has 0 aliphatic rings. The number of hydrogen-bond acceptors (Lipinski definition) is 4. The molecule has 0 fully saturated rings. The maximum Gasteiger partial charge on any atom is 0.326 e. The molecule has 0 saturated heterocycles. The normalized spacial score (nSPS) is 11.1. The van der Waals surface area contributed by atoms with Crippen molar-refractivity contribution >= 4 is 33.3 Å². The standard InChI is InChI=1S/C16H16ClNO4S/c1-12-3-9-15(10-4-12)23(20,21)18(11-16(19)22-2)14-7-5-13(17)6-8-14/h3-10H,11H2,1-2H3. The molecule has 0 bridgehead atoms. The number of benzene rings is 2. The van der Waals surface area contributed by atoms with Gasteiger partial charge in [-0.05, 0) is 43.3 Å². The molecule has 5 nitrogen and oxygen atoms in total. The van der Waals surface area contributed by atoms with E-state index >= 15 is 0 Å². The van der Waals surface area contributed by atoms with E-state index in [0.717, 1.165) is 9.87 Å². The Bertz CT molecular complexity index is 786. The molecule has 0 heterocycles. The fourth-order valence-corrected chi connectivity index (χ4v) is 3.48. The second-order valence-electron chi connectivity index (χ2n) is 4.88. The molecule has 0 atom stereocenters. The number of esters is 1. The van der Waals surface area contributed by atoms with Crippen molar-refractivity contribution in [2.24, 2.45) is 0 Å². The van der Waals surface area contributed by atoms with Gasteiger partial charge in [-0.1, -0.05) is 29.3 Å². The molecule has 2 aromatic carbocycles. The Hall–Kier alpha value is -2.05. The average molecular weight is 354 g/mol. The maximum absolute atomic E-state index is 12.9. The third kappa shape index (κ3) is 4.03. The van der Waals surface area contributed by atoms with E-state index < -0.39 is 22.5 Å². The van der Waals surface area contributed by atoms with Crippen molar-refractivity contribution < 1.29 is 17.9 Å². The summed E-state index contributed by atoms with van der Waals surface area (Å²) in [6.45, 7) is 1.44. The van der Waals surface area contributed by atoms with Gasteiger partial charge in [0, 0.05) is 5.02 Å². The van der Waals surface area contributed by atoms with Crippen LogP contribution in [0.1, 0.15) is 5.56 Å². The highest BCUT2D eigenvalue weighted by Crippen LogP contribution is 2.25. The zero-order valence-electron chi connectivity index (χ0n) is 12.7. The van der Waals surface area contributed by atoms with Gasteiger partial charge in [-0.15, -0.1) is 0 Å². The lowest BCUT2D eigenvalue weighted by atomic mass is 10.2. The summed E-state index contributed by atoms with van der Waals surface area (Å²) in [5.74, 6) is -0.657. The first-order valence-corrected chi connectivity index (χ1v) is 8.58. The number of sulfonamides is 1. The zero-order valence-corrected chi connectivity index (χ0v) is 14.3. The molecule has 0 spiro atoms. The number of halogens is 1. The van der Waals surface area contributed by atoms with E-state index in [1.165, 1.54) is 31.4 Å². The Morgan fingerprint density at radius 1 is 1.09 bits per heavy atom. The number of hydrogen-bond donors (Lipinski definition) is 0. The number of carbonyl (C=O) groups excluding carboxylic acids is 1. The first-order valence-electron chi connectivity index (χ1n) is 6.76. The monoisotopic (exact) mass is 353 g/mol.